The molecular formula is C15H25F3N2O. The first-order valence-corrected chi connectivity index (χ1v) is 7.87. The van der Waals surface area contributed by atoms with Crippen molar-refractivity contribution in [3.05, 3.63) is 0 Å². The van der Waals surface area contributed by atoms with Gasteiger partial charge in [-0.3, -0.25) is 4.79 Å². The summed E-state index contributed by atoms with van der Waals surface area (Å²) < 4.78 is 39.4. The normalized spacial score (nSPS) is 34.8. The molecule has 1 N–H and O–H groups in total. The third kappa shape index (κ3) is 3.71. The Balaban J connectivity index is 2.04. The summed E-state index contributed by atoms with van der Waals surface area (Å²) in [6.07, 6.45) is -1.66. The number of nitrogens with zero attached hydrogens (tertiary/aromatic N) is 1. The Morgan fingerprint density at radius 3 is 2.43 bits per heavy atom. The summed E-state index contributed by atoms with van der Waals surface area (Å²) >= 11 is 0. The van der Waals surface area contributed by atoms with Gasteiger partial charge in [0.15, 0.2) is 0 Å². The molecule has 4 unspecified atom stereocenters. The molecular weight excluding hydrogens is 281 g/mol. The van der Waals surface area contributed by atoms with Crippen LogP contribution in [0.25, 0.3) is 0 Å². The standard InChI is InChI=1S/C15H25F3N2O/c1-10-9-20(8-7-13(10)19-2)14(21)11-5-3-4-6-12(11)15(16,17)18/h10-13,19H,3-9H2,1-2H3. The summed E-state index contributed by atoms with van der Waals surface area (Å²) in [6.45, 7) is 3.17. The number of nitrogens with one attached hydrogen (secondary N) is 1. The fourth-order valence-electron chi connectivity index (χ4n) is 3.83. The second-order valence-corrected chi connectivity index (χ2v) is 6.48. The molecule has 0 aromatic carbocycles. The van der Waals surface area contributed by atoms with Crippen LogP contribution in [0.4, 0.5) is 13.2 Å². The van der Waals surface area contributed by atoms with Crippen molar-refractivity contribution in [2.24, 2.45) is 17.8 Å². The molecule has 1 aliphatic carbocycles. The predicted octanol–water partition coefficient (Wildman–Crippen LogP) is 2.81. The van der Waals surface area contributed by atoms with Crippen molar-refractivity contribution in [2.75, 3.05) is 20.1 Å². The van der Waals surface area contributed by atoms with Crippen molar-refractivity contribution in [3.8, 4) is 0 Å². The molecule has 2 aliphatic rings. The zero-order chi connectivity index (χ0) is 15.6. The van der Waals surface area contributed by atoms with Gasteiger partial charge in [0.05, 0.1) is 5.92 Å². The lowest BCUT2D eigenvalue weighted by atomic mass is 9.77. The molecule has 0 aromatic rings. The Hall–Kier alpha value is -0.780. The van der Waals surface area contributed by atoms with Crippen LogP contribution in [0.15, 0.2) is 0 Å². The van der Waals surface area contributed by atoms with E-state index in [0.717, 1.165) is 12.8 Å². The number of hydrogen-bond acceptors (Lipinski definition) is 2. The maximum Gasteiger partial charge on any atom is 0.392 e. The van der Waals surface area contributed by atoms with E-state index in [-0.39, 0.29) is 18.2 Å². The predicted molar refractivity (Wildman–Crippen MR) is 74.7 cm³/mol. The lowest BCUT2D eigenvalue weighted by Gasteiger charge is -2.41. The summed E-state index contributed by atoms with van der Waals surface area (Å²) in [7, 11) is 1.89. The number of hydrogen-bond donors (Lipinski definition) is 1. The number of alkyl halides is 3. The Bertz CT molecular complexity index is 372. The van der Waals surface area contributed by atoms with E-state index in [9.17, 15) is 18.0 Å². The fourth-order valence-corrected chi connectivity index (χ4v) is 3.83. The van der Waals surface area contributed by atoms with Gasteiger partial charge in [-0.25, -0.2) is 0 Å². The van der Waals surface area contributed by atoms with Gasteiger partial charge >= 0.3 is 6.18 Å². The van der Waals surface area contributed by atoms with E-state index in [1.807, 2.05) is 14.0 Å². The zero-order valence-corrected chi connectivity index (χ0v) is 12.7. The van der Waals surface area contributed by atoms with Crippen molar-refractivity contribution in [3.63, 3.8) is 0 Å². The molecule has 0 radical (unpaired) electrons. The molecule has 0 aromatic heterocycles. The minimum atomic E-state index is -4.25. The van der Waals surface area contributed by atoms with E-state index < -0.39 is 18.0 Å². The Labute approximate surface area is 124 Å². The van der Waals surface area contributed by atoms with Crippen molar-refractivity contribution in [1.82, 2.24) is 10.2 Å². The molecule has 2 rings (SSSR count). The second-order valence-electron chi connectivity index (χ2n) is 6.48. The van der Waals surface area contributed by atoms with Crippen LogP contribution in [0.1, 0.15) is 39.0 Å². The molecule has 122 valence electrons. The van der Waals surface area contributed by atoms with Crippen LogP contribution in [0.5, 0.6) is 0 Å². The number of carbonyl (C=O) groups excluding carboxylic acids is 1. The first-order valence-electron chi connectivity index (χ1n) is 7.87. The zero-order valence-electron chi connectivity index (χ0n) is 12.7. The number of likely N-dealkylation sites (tertiary alicyclic amines) is 1. The van der Waals surface area contributed by atoms with Crippen LogP contribution < -0.4 is 5.32 Å². The summed E-state index contributed by atoms with van der Waals surface area (Å²) in [5, 5.41) is 3.21. The van der Waals surface area contributed by atoms with Gasteiger partial charge < -0.3 is 10.2 Å². The molecule has 1 saturated carbocycles. The summed E-state index contributed by atoms with van der Waals surface area (Å²) in [5.41, 5.74) is 0. The number of amides is 1. The van der Waals surface area contributed by atoms with Gasteiger partial charge in [-0.05, 0) is 32.2 Å². The van der Waals surface area contributed by atoms with E-state index in [4.69, 9.17) is 0 Å². The Morgan fingerprint density at radius 1 is 1.19 bits per heavy atom. The van der Waals surface area contributed by atoms with Gasteiger partial charge in [-0.1, -0.05) is 19.8 Å². The smallest absolute Gasteiger partial charge is 0.342 e. The number of rotatable bonds is 2. The molecule has 1 heterocycles. The van der Waals surface area contributed by atoms with Crippen molar-refractivity contribution in [1.29, 1.82) is 0 Å². The summed E-state index contributed by atoms with van der Waals surface area (Å²) in [5.74, 6) is -2.31. The van der Waals surface area contributed by atoms with Crippen molar-refractivity contribution >= 4 is 5.91 Å². The van der Waals surface area contributed by atoms with Crippen molar-refractivity contribution in [2.45, 2.75) is 51.2 Å². The van der Waals surface area contributed by atoms with E-state index in [1.54, 1.807) is 4.90 Å². The molecule has 2 fully saturated rings. The van der Waals surface area contributed by atoms with E-state index >= 15 is 0 Å². The lowest BCUT2D eigenvalue weighted by Crippen LogP contribution is -2.52. The lowest BCUT2D eigenvalue weighted by molar-refractivity contribution is -0.201. The van der Waals surface area contributed by atoms with Gasteiger partial charge in [-0.15, -0.1) is 0 Å². The average molecular weight is 306 g/mol. The van der Waals surface area contributed by atoms with E-state index in [0.29, 0.717) is 32.0 Å². The Morgan fingerprint density at radius 2 is 1.86 bits per heavy atom. The van der Waals surface area contributed by atoms with Crippen LogP contribution in [0, 0.1) is 17.8 Å². The molecule has 6 heteroatoms. The molecule has 0 bridgehead atoms. The molecule has 1 aliphatic heterocycles. The molecule has 1 saturated heterocycles. The maximum atomic E-state index is 13.1. The highest BCUT2D eigenvalue weighted by Gasteiger charge is 2.49. The molecule has 1 amide bonds. The van der Waals surface area contributed by atoms with E-state index in [2.05, 4.69) is 5.32 Å². The van der Waals surface area contributed by atoms with Gasteiger partial charge in [0.1, 0.15) is 0 Å². The fraction of sp³-hybridized carbons (Fsp3) is 0.933. The van der Waals surface area contributed by atoms with Crippen LogP contribution in [0.3, 0.4) is 0 Å². The number of halogens is 3. The highest BCUT2D eigenvalue weighted by atomic mass is 19.4. The third-order valence-corrected chi connectivity index (χ3v) is 5.09. The van der Waals surface area contributed by atoms with Crippen molar-refractivity contribution < 1.29 is 18.0 Å². The monoisotopic (exact) mass is 306 g/mol. The largest absolute Gasteiger partial charge is 0.392 e. The SMILES string of the molecule is CNC1CCN(C(=O)C2CCCCC2C(F)(F)F)CC1C. The second kappa shape index (κ2) is 6.55. The minimum absolute atomic E-state index is 0.0996. The minimum Gasteiger partial charge on any atom is -0.342 e. The molecule has 4 atom stereocenters. The third-order valence-electron chi connectivity index (χ3n) is 5.09. The summed E-state index contributed by atoms with van der Waals surface area (Å²) in [4.78, 5) is 14.2. The quantitative estimate of drug-likeness (QED) is 0.851. The summed E-state index contributed by atoms with van der Waals surface area (Å²) in [6, 6.07) is 0.346. The molecule has 0 spiro atoms. The van der Waals surface area contributed by atoms with Gasteiger partial charge in [0.2, 0.25) is 5.91 Å². The number of carbonyl (C=O) groups is 1. The maximum absolute atomic E-state index is 13.1. The van der Waals surface area contributed by atoms with Gasteiger partial charge in [0, 0.05) is 25.0 Å². The van der Waals surface area contributed by atoms with Gasteiger partial charge in [-0.2, -0.15) is 13.2 Å². The highest BCUT2D eigenvalue weighted by molar-refractivity contribution is 5.79. The first-order chi connectivity index (χ1) is 9.84. The molecule has 21 heavy (non-hydrogen) atoms. The van der Waals surface area contributed by atoms with Crippen LogP contribution in [-0.4, -0.2) is 43.2 Å². The highest BCUT2D eigenvalue weighted by Crippen LogP contribution is 2.42. The van der Waals surface area contributed by atoms with Crippen LogP contribution >= 0.6 is 0 Å². The average Bonchev–Trinajstić information content (AvgIpc) is 2.45. The van der Waals surface area contributed by atoms with Crippen LogP contribution in [-0.2, 0) is 4.79 Å². The first kappa shape index (κ1) is 16.6. The van der Waals surface area contributed by atoms with E-state index in [1.165, 1.54) is 0 Å². The van der Waals surface area contributed by atoms with Crippen LogP contribution in [0.2, 0.25) is 0 Å². The Kier molecular flexibility index (Phi) is 5.17. The van der Waals surface area contributed by atoms with Gasteiger partial charge in [0.25, 0.3) is 0 Å². The topological polar surface area (TPSA) is 32.3 Å². The number of piperidine rings is 1. The molecule has 3 nitrogen and oxygen atoms in total.